The number of hydrogen-bond acceptors (Lipinski definition) is 4. The van der Waals surface area contributed by atoms with Crippen LogP contribution in [-0.2, 0) is 15.7 Å². The summed E-state index contributed by atoms with van der Waals surface area (Å²) in [5, 5.41) is 9.28. The Hall–Kier alpha value is -2.29. The van der Waals surface area contributed by atoms with Crippen molar-refractivity contribution in [1.29, 1.82) is 0 Å². The van der Waals surface area contributed by atoms with Crippen molar-refractivity contribution in [3.05, 3.63) is 63.3 Å². The normalized spacial score (nSPS) is 16.2. The molecule has 1 aliphatic rings. The fraction of sp³-hybridized carbons (Fsp3) is 0.0588. The van der Waals surface area contributed by atoms with Crippen LogP contribution in [0.1, 0.15) is 11.1 Å². The van der Waals surface area contributed by atoms with Gasteiger partial charge in [-0.25, -0.2) is 4.90 Å². The van der Waals surface area contributed by atoms with Crippen LogP contribution in [0.5, 0.6) is 5.75 Å². The predicted molar refractivity (Wildman–Crippen MR) is 98.7 cm³/mol. The third-order valence-electron chi connectivity index (χ3n) is 3.58. The van der Waals surface area contributed by atoms with Crippen molar-refractivity contribution >= 4 is 58.3 Å². The topological polar surface area (TPSA) is 49.8 Å². The SMILES string of the molecule is O=C1C(=Cc2cc(Cl)c(O)c(Cl)c2)OC(=S)N1c1ccc(C(F)(F)F)cc1. The second kappa shape index (κ2) is 7.03. The zero-order chi connectivity index (χ0) is 19.9. The van der Waals surface area contributed by atoms with Gasteiger partial charge in [-0.3, -0.25) is 4.79 Å². The van der Waals surface area contributed by atoms with Gasteiger partial charge in [0, 0.05) is 0 Å². The number of nitrogens with zero attached hydrogens (tertiary/aromatic N) is 1. The van der Waals surface area contributed by atoms with E-state index in [1.54, 1.807) is 0 Å². The molecule has 1 fully saturated rings. The van der Waals surface area contributed by atoms with Crippen LogP contribution < -0.4 is 4.90 Å². The third kappa shape index (κ3) is 3.87. The van der Waals surface area contributed by atoms with Gasteiger partial charge in [-0.1, -0.05) is 23.2 Å². The van der Waals surface area contributed by atoms with Crippen LogP contribution in [0.3, 0.4) is 0 Å². The van der Waals surface area contributed by atoms with Gasteiger partial charge in [0.15, 0.2) is 11.5 Å². The van der Waals surface area contributed by atoms with Crippen LogP contribution in [-0.4, -0.2) is 16.2 Å². The third-order valence-corrected chi connectivity index (χ3v) is 4.43. The lowest BCUT2D eigenvalue weighted by Crippen LogP contribution is -2.28. The summed E-state index contributed by atoms with van der Waals surface area (Å²) in [5.74, 6) is -1.14. The lowest BCUT2D eigenvalue weighted by Gasteiger charge is -2.13. The number of alkyl halides is 3. The van der Waals surface area contributed by atoms with Crippen molar-refractivity contribution in [3.8, 4) is 5.75 Å². The maximum atomic E-state index is 12.7. The first-order valence-corrected chi connectivity index (χ1v) is 8.37. The Balaban J connectivity index is 1.91. The number of phenols is 1. The number of ether oxygens (including phenoxy) is 1. The number of phenolic OH excluding ortho intramolecular Hbond substituents is 1. The van der Waals surface area contributed by atoms with Gasteiger partial charge < -0.3 is 9.84 Å². The number of carbonyl (C=O) groups excluding carboxylic acids is 1. The maximum absolute atomic E-state index is 12.7. The van der Waals surface area contributed by atoms with Gasteiger partial charge in [-0.2, -0.15) is 13.2 Å². The van der Waals surface area contributed by atoms with Gasteiger partial charge in [-0.15, -0.1) is 0 Å². The second-order valence-corrected chi connectivity index (χ2v) is 6.56. The first kappa shape index (κ1) is 19.5. The van der Waals surface area contributed by atoms with Crippen LogP contribution in [0.15, 0.2) is 42.2 Å². The maximum Gasteiger partial charge on any atom is 0.416 e. The van der Waals surface area contributed by atoms with Gasteiger partial charge >= 0.3 is 12.1 Å². The minimum atomic E-state index is -4.49. The monoisotopic (exact) mass is 433 g/mol. The molecule has 4 nitrogen and oxygen atoms in total. The minimum Gasteiger partial charge on any atom is -0.505 e. The fourth-order valence-electron chi connectivity index (χ4n) is 2.31. The van der Waals surface area contributed by atoms with Crippen molar-refractivity contribution in [2.24, 2.45) is 0 Å². The number of benzene rings is 2. The molecular formula is C17H8Cl2F3NO3S. The Kier molecular flexibility index (Phi) is 5.07. The summed E-state index contributed by atoms with van der Waals surface area (Å²) < 4.78 is 43.3. The average molecular weight is 434 g/mol. The Labute approximate surface area is 166 Å². The number of thiocarbonyl (C=S) groups is 1. The summed E-state index contributed by atoms with van der Waals surface area (Å²) in [6.45, 7) is 0. The highest BCUT2D eigenvalue weighted by molar-refractivity contribution is 7.80. The van der Waals surface area contributed by atoms with Crippen molar-refractivity contribution in [1.82, 2.24) is 0 Å². The molecule has 1 saturated heterocycles. The zero-order valence-corrected chi connectivity index (χ0v) is 15.4. The Morgan fingerprint density at radius 2 is 1.67 bits per heavy atom. The highest BCUT2D eigenvalue weighted by Gasteiger charge is 2.36. The highest BCUT2D eigenvalue weighted by Crippen LogP contribution is 2.35. The largest absolute Gasteiger partial charge is 0.505 e. The van der Waals surface area contributed by atoms with E-state index >= 15 is 0 Å². The molecule has 0 bridgehead atoms. The van der Waals surface area contributed by atoms with Gasteiger partial charge in [0.2, 0.25) is 0 Å². The second-order valence-electron chi connectivity index (χ2n) is 5.39. The first-order chi connectivity index (χ1) is 12.6. The molecule has 0 unspecified atom stereocenters. The number of hydrogen-bond donors (Lipinski definition) is 1. The molecule has 1 amide bonds. The molecule has 27 heavy (non-hydrogen) atoms. The van der Waals surface area contributed by atoms with Gasteiger partial charge in [0.25, 0.3) is 5.17 Å². The van der Waals surface area contributed by atoms with Crippen LogP contribution >= 0.6 is 35.4 Å². The molecule has 1 N–H and O–H groups in total. The smallest absolute Gasteiger partial charge is 0.416 e. The Morgan fingerprint density at radius 3 is 2.19 bits per heavy atom. The number of anilines is 1. The molecule has 3 rings (SSSR count). The van der Waals surface area contributed by atoms with Crippen molar-refractivity contribution in [2.75, 3.05) is 4.90 Å². The average Bonchev–Trinajstić information content (AvgIpc) is 2.85. The summed E-state index contributed by atoms with van der Waals surface area (Å²) >= 11 is 16.7. The summed E-state index contributed by atoms with van der Waals surface area (Å²) in [5.41, 5.74) is -0.361. The molecule has 2 aromatic rings. The van der Waals surface area contributed by atoms with Crippen molar-refractivity contribution < 1.29 is 27.8 Å². The van der Waals surface area contributed by atoms with Crippen molar-refractivity contribution in [2.45, 2.75) is 6.18 Å². The van der Waals surface area contributed by atoms with Crippen LogP contribution in [0.2, 0.25) is 10.0 Å². The standard InChI is InChI=1S/C17H8Cl2F3NO3S/c18-11-5-8(6-12(19)14(11)24)7-13-15(25)23(16(27)26-13)10-3-1-9(2-4-10)17(20,21)22/h1-7,24H. The lowest BCUT2D eigenvalue weighted by atomic mass is 10.1. The number of carbonyl (C=O) groups is 1. The Bertz CT molecular complexity index is 951. The highest BCUT2D eigenvalue weighted by atomic mass is 35.5. The molecule has 0 aliphatic carbocycles. The molecule has 2 aromatic carbocycles. The van der Waals surface area contributed by atoms with Crippen molar-refractivity contribution in [3.63, 3.8) is 0 Å². The van der Waals surface area contributed by atoms with Gasteiger partial charge in [0.1, 0.15) is 0 Å². The summed E-state index contributed by atoms with van der Waals surface area (Å²) in [4.78, 5) is 13.5. The number of aromatic hydroxyl groups is 1. The van der Waals surface area contributed by atoms with E-state index < -0.39 is 17.6 Å². The molecule has 0 radical (unpaired) electrons. The number of halogens is 5. The van der Waals surface area contributed by atoms with E-state index in [-0.39, 0.29) is 32.4 Å². The van der Waals surface area contributed by atoms with Crippen LogP contribution in [0.4, 0.5) is 18.9 Å². The zero-order valence-electron chi connectivity index (χ0n) is 13.1. The molecule has 0 spiro atoms. The van der Waals surface area contributed by atoms with E-state index in [1.165, 1.54) is 18.2 Å². The molecule has 1 heterocycles. The molecule has 10 heteroatoms. The Morgan fingerprint density at radius 1 is 1.11 bits per heavy atom. The summed E-state index contributed by atoms with van der Waals surface area (Å²) in [6, 6.07) is 6.63. The summed E-state index contributed by atoms with van der Waals surface area (Å²) in [7, 11) is 0. The number of amides is 1. The fourth-order valence-corrected chi connectivity index (χ4v) is 3.09. The van der Waals surface area contributed by atoms with E-state index in [0.717, 1.165) is 29.2 Å². The summed E-state index contributed by atoms with van der Waals surface area (Å²) in [6.07, 6.45) is -3.19. The molecule has 140 valence electrons. The molecule has 0 aromatic heterocycles. The quantitative estimate of drug-likeness (QED) is 0.508. The molecular weight excluding hydrogens is 426 g/mol. The van der Waals surface area contributed by atoms with Gasteiger partial charge in [-0.05, 0) is 60.3 Å². The lowest BCUT2D eigenvalue weighted by molar-refractivity contribution is -0.137. The number of rotatable bonds is 2. The molecule has 1 aliphatic heterocycles. The van der Waals surface area contributed by atoms with E-state index in [2.05, 4.69) is 0 Å². The van der Waals surface area contributed by atoms with Crippen LogP contribution in [0, 0.1) is 0 Å². The predicted octanol–water partition coefficient (Wildman–Crippen LogP) is 5.41. The molecule has 0 atom stereocenters. The van der Waals surface area contributed by atoms with E-state index in [1.807, 2.05) is 0 Å². The van der Waals surface area contributed by atoms with Crippen LogP contribution in [0.25, 0.3) is 6.08 Å². The minimum absolute atomic E-state index is 0.0260. The van der Waals surface area contributed by atoms with E-state index in [0.29, 0.717) is 5.56 Å². The molecule has 0 saturated carbocycles. The van der Waals surface area contributed by atoms with Gasteiger partial charge in [0.05, 0.1) is 21.3 Å². The van der Waals surface area contributed by atoms with E-state index in [4.69, 9.17) is 40.2 Å². The first-order valence-electron chi connectivity index (χ1n) is 7.21. The van der Waals surface area contributed by atoms with E-state index in [9.17, 15) is 23.1 Å².